The predicted molar refractivity (Wildman–Crippen MR) is 95.6 cm³/mol. The van der Waals surface area contributed by atoms with Gasteiger partial charge in [0.1, 0.15) is 5.82 Å². The fourth-order valence-electron chi connectivity index (χ4n) is 2.04. The van der Waals surface area contributed by atoms with Crippen LogP contribution < -0.4 is 10.0 Å². The first-order chi connectivity index (χ1) is 11.0. The largest absolute Gasteiger partial charge is 0.370 e. The van der Waals surface area contributed by atoms with E-state index in [1.54, 1.807) is 12.1 Å². The van der Waals surface area contributed by atoms with Crippen molar-refractivity contribution < 1.29 is 8.42 Å². The molecule has 0 amide bonds. The van der Waals surface area contributed by atoms with Crippen LogP contribution in [-0.4, -0.2) is 25.7 Å². The highest BCUT2D eigenvalue weighted by Crippen LogP contribution is 2.13. The van der Waals surface area contributed by atoms with Gasteiger partial charge in [-0.1, -0.05) is 30.7 Å². The van der Waals surface area contributed by atoms with Crippen LogP contribution in [0.3, 0.4) is 0 Å². The molecular weight excluding hydrogens is 334 g/mol. The van der Waals surface area contributed by atoms with Crippen molar-refractivity contribution in [1.29, 1.82) is 0 Å². The minimum absolute atomic E-state index is 0.105. The average molecular weight is 354 g/mol. The molecule has 1 aromatic heterocycles. The van der Waals surface area contributed by atoms with Crippen molar-refractivity contribution in [3.05, 3.63) is 53.2 Å². The number of rotatable bonds is 8. The summed E-state index contributed by atoms with van der Waals surface area (Å²) in [5.41, 5.74) is 1.66. The lowest BCUT2D eigenvalue weighted by atomic mass is 10.1. The van der Waals surface area contributed by atoms with Crippen LogP contribution in [-0.2, 0) is 16.4 Å². The van der Waals surface area contributed by atoms with Gasteiger partial charge in [0.05, 0.1) is 17.6 Å². The molecule has 0 aliphatic rings. The number of aromatic nitrogens is 1. The van der Waals surface area contributed by atoms with Gasteiger partial charge in [-0.15, -0.1) is 0 Å². The maximum absolute atomic E-state index is 11.7. The molecule has 2 aromatic rings. The fourth-order valence-corrected chi connectivity index (χ4v) is 3.29. The van der Waals surface area contributed by atoms with Crippen LogP contribution in [0.5, 0.6) is 0 Å². The minimum atomic E-state index is -3.28. The van der Waals surface area contributed by atoms with Crippen molar-refractivity contribution in [1.82, 2.24) is 4.98 Å². The zero-order valence-electron chi connectivity index (χ0n) is 12.9. The summed E-state index contributed by atoms with van der Waals surface area (Å²) in [5, 5.41) is 3.93. The van der Waals surface area contributed by atoms with Gasteiger partial charge in [-0.25, -0.2) is 13.4 Å². The molecule has 0 atom stereocenters. The Morgan fingerprint density at radius 1 is 1.13 bits per heavy atom. The van der Waals surface area contributed by atoms with Gasteiger partial charge in [0, 0.05) is 11.6 Å². The first-order valence-electron chi connectivity index (χ1n) is 7.43. The number of halogens is 1. The smallest absolute Gasteiger partial charge is 0.232 e. The van der Waals surface area contributed by atoms with Crippen LogP contribution >= 0.6 is 11.6 Å². The van der Waals surface area contributed by atoms with Gasteiger partial charge >= 0.3 is 0 Å². The molecule has 23 heavy (non-hydrogen) atoms. The third kappa shape index (κ3) is 6.08. The lowest BCUT2D eigenvalue weighted by molar-refractivity contribution is 0.600. The highest BCUT2D eigenvalue weighted by Gasteiger charge is 2.08. The second-order valence-electron chi connectivity index (χ2n) is 5.16. The summed E-state index contributed by atoms with van der Waals surface area (Å²) in [7, 11) is -3.28. The second-order valence-corrected chi connectivity index (χ2v) is 7.43. The van der Waals surface area contributed by atoms with E-state index in [4.69, 9.17) is 11.6 Å². The molecule has 5 nitrogen and oxygen atoms in total. The lowest BCUT2D eigenvalue weighted by Gasteiger charge is -2.09. The molecule has 0 bridgehead atoms. The van der Waals surface area contributed by atoms with E-state index >= 15 is 0 Å². The van der Waals surface area contributed by atoms with E-state index in [1.807, 2.05) is 31.2 Å². The standard InChI is InChI=1S/C16H20ClN3O2S/c1-2-11-23(21,22)20-15-7-8-16(19-12-15)18-10-9-13-3-5-14(17)6-4-13/h3-8,12,20H,2,9-11H2,1H3,(H,18,19). The van der Waals surface area contributed by atoms with E-state index in [9.17, 15) is 8.42 Å². The number of sulfonamides is 1. The Hall–Kier alpha value is -1.79. The van der Waals surface area contributed by atoms with Crippen LogP contribution in [0.1, 0.15) is 18.9 Å². The first kappa shape index (κ1) is 17.6. The van der Waals surface area contributed by atoms with Crippen molar-refractivity contribution in [2.24, 2.45) is 0 Å². The number of benzene rings is 1. The molecule has 0 saturated carbocycles. The van der Waals surface area contributed by atoms with E-state index in [-0.39, 0.29) is 5.75 Å². The van der Waals surface area contributed by atoms with E-state index in [2.05, 4.69) is 15.0 Å². The maximum Gasteiger partial charge on any atom is 0.232 e. The molecule has 0 unspecified atom stereocenters. The molecule has 1 aromatic carbocycles. The van der Waals surface area contributed by atoms with Crippen molar-refractivity contribution >= 4 is 33.1 Å². The third-order valence-corrected chi connectivity index (χ3v) is 4.89. The van der Waals surface area contributed by atoms with Crippen molar-refractivity contribution in [3.63, 3.8) is 0 Å². The Balaban J connectivity index is 1.84. The Labute approximate surface area is 142 Å². The van der Waals surface area contributed by atoms with E-state index in [1.165, 1.54) is 11.8 Å². The molecule has 0 spiro atoms. The van der Waals surface area contributed by atoms with Crippen molar-refractivity contribution in [3.8, 4) is 0 Å². The monoisotopic (exact) mass is 353 g/mol. The molecular formula is C16H20ClN3O2S. The van der Waals surface area contributed by atoms with Crippen molar-refractivity contribution in [2.75, 3.05) is 22.3 Å². The molecule has 0 fully saturated rings. The van der Waals surface area contributed by atoms with Crippen LogP contribution in [0, 0.1) is 0 Å². The van der Waals surface area contributed by atoms with Crippen molar-refractivity contribution in [2.45, 2.75) is 19.8 Å². The summed E-state index contributed by atoms with van der Waals surface area (Å²) in [6.07, 6.45) is 2.94. The highest BCUT2D eigenvalue weighted by atomic mass is 35.5. The molecule has 124 valence electrons. The van der Waals surface area contributed by atoms with Gasteiger partial charge in [-0.2, -0.15) is 0 Å². The van der Waals surface area contributed by atoms with E-state index in [0.29, 0.717) is 17.9 Å². The fraction of sp³-hybridized carbons (Fsp3) is 0.312. The number of pyridine rings is 1. The summed E-state index contributed by atoms with van der Waals surface area (Å²) < 4.78 is 25.9. The first-order valence-corrected chi connectivity index (χ1v) is 9.46. The lowest BCUT2D eigenvalue weighted by Crippen LogP contribution is -2.16. The summed E-state index contributed by atoms with van der Waals surface area (Å²) in [6.45, 7) is 2.56. The second kappa shape index (κ2) is 8.17. The summed E-state index contributed by atoms with van der Waals surface area (Å²) in [4.78, 5) is 4.21. The number of anilines is 2. The minimum Gasteiger partial charge on any atom is -0.370 e. The molecule has 0 aliphatic heterocycles. The Morgan fingerprint density at radius 3 is 2.48 bits per heavy atom. The quantitative estimate of drug-likeness (QED) is 0.761. The van der Waals surface area contributed by atoms with Gasteiger partial charge in [0.25, 0.3) is 0 Å². The molecule has 0 saturated heterocycles. The maximum atomic E-state index is 11.7. The molecule has 0 radical (unpaired) electrons. The van der Waals surface area contributed by atoms with Gasteiger partial charge in [-0.3, -0.25) is 4.72 Å². The predicted octanol–water partition coefficient (Wildman–Crippen LogP) is 3.54. The van der Waals surface area contributed by atoms with Gasteiger partial charge < -0.3 is 5.32 Å². The average Bonchev–Trinajstić information content (AvgIpc) is 2.50. The topological polar surface area (TPSA) is 71.1 Å². The number of hydrogen-bond acceptors (Lipinski definition) is 4. The molecule has 1 heterocycles. The summed E-state index contributed by atoms with van der Waals surface area (Å²) in [6, 6.07) is 11.2. The van der Waals surface area contributed by atoms with E-state index < -0.39 is 10.0 Å². The Bertz CT molecular complexity index is 716. The Morgan fingerprint density at radius 2 is 1.87 bits per heavy atom. The van der Waals surface area contributed by atoms with Crippen LogP contribution in [0.25, 0.3) is 0 Å². The molecule has 0 aliphatic carbocycles. The summed E-state index contributed by atoms with van der Waals surface area (Å²) >= 11 is 5.85. The normalized spacial score (nSPS) is 11.2. The molecule has 7 heteroatoms. The summed E-state index contributed by atoms with van der Waals surface area (Å²) in [5.74, 6) is 0.811. The number of nitrogens with one attached hydrogen (secondary N) is 2. The number of hydrogen-bond donors (Lipinski definition) is 2. The van der Waals surface area contributed by atoms with Crippen LogP contribution in [0.2, 0.25) is 5.02 Å². The highest BCUT2D eigenvalue weighted by molar-refractivity contribution is 7.92. The third-order valence-electron chi connectivity index (χ3n) is 3.14. The molecule has 2 N–H and O–H groups in total. The van der Waals surface area contributed by atoms with Gasteiger partial charge in [0.2, 0.25) is 10.0 Å². The van der Waals surface area contributed by atoms with E-state index in [0.717, 1.165) is 18.0 Å². The Kier molecular flexibility index (Phi) is 6.24. The zero-order valence-corrected chi connectivity index (χ0v) is 14.5. The SMILES string of the molecule is CCCS(=O)(=O)Nc1ccc(NCCc2ccc(Cl)cc2)nc1. The van der Waals surface area contributed by atoms with Gasteiger partial charge in [-0.05, 0) is 42.7 Å². The zero-order chi connectivity index (χ0) is 16.7. The number of nitrogens with zero attached hydrogens (tertiary/aromatic N) is 1. The van der Waals surface area contributed by atoms with Crippen LogP contribution in [0.15, 0.2) is 42.6 Å². The van der Waals surface area contributed by atoms with Gasteiger partial charge in [0.15, 0.2) is 0 Å². The molecule has 2 rings (SSSR count). The van der Waals surface area contributed by atoms with Crippen LogP contribution in [0.4, 0.5) is 11.5 Å².